The molecule has 2 saturated heterocycles. The topological polar surface area (TPSA) is 41.5 Å². The molecule has 1 saturated carbocycles. The lowest BCUT2D eigenvalue weighted by molar-refractivity contribution is -0.0935. The molecule has 0 bridgehead atoms. The Morgan fingerprint density at radius 1 is 1.21 bits per heavy atom. The Labute approximate surface area is 120 Å². The van der Waals surface area contributed by atoms with Gasteiger partial charge in [-0.1, -0.05) is 0 Å². The number of nitrogens with one attached hydrogen (secondary N) is 1. The highest BCUT2D eigenvalue weighted by atomic mass is 32.2. The second-order valence-electron chi connectivity index (χ2n) is 6.69. The summed E-state index contributed by atoms with van der Waals surface area (Å²) >= 11 is 2.07. The number of aliphatic hydroxyl groups is 1. The van der Waals surface area contributed by atoms with Gasteiger partial charge in [0.15, 0.2) is 0 Å². The van der Waals surface area contributed by atoms with Gasteiger partial charge in [-0.05, 0) is 61.9 Å². The fourth-order valence-electron chi connectivity index (χ4n) is 3.58. The van der Waals surface area contributed by atoms with E-state index < -0.39 is 0 Å². The van der Waals surface area contributed by atoms with Crippen LogP contribution in [0.4, 0.5) is 0 Å². The molecule has 110 valence electrons. The summed E-state index contributed by atoms with van der Waals surface area (Å²) in [4.78, 5) is 0. The molecule has 3 fully saturated rings. The van der Waals surface area contributed by atoms with Gasteiger partial charge >= 0.3 is 0 Å². The van der Waals surface area contributed by atoms with E-state index in [0.717, 1.165) is 26.0 Å². The number of aliphatic hydroxyl groups excluding tert-OH is 1. The molecule has 0 aromatic heterocycles. The van der Waals surface area contributed by atoms with Gasteiger partial charge in [0.2, 0.25) is 0 Å². The predicted molar refractivity (Wildman–Crippen MR) is 79.6 cm³/mol. The van der Waals surface area contributed by atoms with E-state index in [1.54, 1.807) is 0 Å². The molecule has 1 aliphatic carbocycles. The summed E-state index contributed by atoms with van der Waals surface area (Å²) < 4.78 is 6.14. The van der Waals surface area contributed by atoms with Gasteiger partial charge in [-0.25, -0.2) is 0 Å². The Bertz CT molecular complexity index is 295. The summed E-state index contributed by atoms with van der Waals surface area (Å²) in [5.74, 6) is 2.53. The number of rotatable bonds is 5. The second kappa shape index (κ2) is 5.92. The molecule has 2 heterocycles. The molecular weight excluding hydrogens is 258 g/mol. The van der Waals surface area contributed by atoms with E-state index in [4.69, 9.17) is 9.84 Å². The zero-order valence-electron chi connectivity index (χ0n) is 11.8. The Kier molecular flexibility index (Phi) is 4.42. The Hall–Kier alpha value is 0.230. The maximum atomic E-state index is 9.13. The highest BCUT2D eigenvalue weighted by Gasteiger charge is 2.43. The van der Waals surface area contributed by atoms with Gasteiger partial charge in [-0.2, -0.15) is 11.8 Å². The lowest BCUT2D eigenvalue weighted by Gasteiger charge is -2.43. The second-order valence-corrected chi connectivity index (χ2v) is 7.91. The monoisotopic (exact) mass is 285 g/mol. The molecule has 0 amide bonds. The zero-order valence-corrected chi connectivity index (χ0v) is 12.6. The van der Waals surface area contributed by atoms with E-state index in [9.17, 15) is 0 Å². The van der Waals surface area contributed by atoms with Gasteiger partial charge < -0.3 is 15.2 Å². The average molecular weight is 285 g/mol. The van der Waals surface area contributed by atoms with Crippen LogP contribution in [-0.2, 0) is 4.74 Å². The molecule has 0 aromatic carbocycles. The van der Waals surface area contributed by atoms with Crippen molar-refractivity contribution in [3.63, 3.8) is 0 Å². The van der Waals surface area contributed by atoms with E-state index in [2.05, 4.69) is 17.1 Å². The molecule has 1 spiro atoms. The molecule has 3 aliphatic rings. The molecular formula is C15H27NO2S. The van der Waals surface area contributed by atoms with Crippen molar-refractivity contribution in [2.24, 2.45) is 5.41 Å². The first kappa shape index (κ1) is 14.2. The number of hydrogen-bond donors (Lipinski definition) is 2. The zero-order chi connectivity index (χ0) is 13.2. The van der Waals surface area contributed by atoms with Crippen LogP contribution in [0.3, 0.4) is 0 Å². The number of hydrogen-bond acceptors (Lipinski definition) is 4. The SMILES string of the molecule is OCCC1(CNC2CCOC3(CCSCC3)C2)CC1. The highest BCUT2D eigenvalue weighted by molar-refractivity contribution is 7.99. The van der Waals surface area contributed by atoms with E-state index in [1.807, 2.05) is 0 Å². The van der Waals surface area contributed by atoms with Crippen LogP contribution in [-0.4, -0.2) is 48.0 Å². The third-order valence-electron chi connectivity index (χ3n) is 5.26. The fraction of sp³-hybridized carbons (Fsp3) is 1.00. The van der Waals surface area contributed by atoms with E-state index in [0.29, 0.717) is 18.1 Å². The fourth-order valence-corrected chi connectivity index (χ4v) is 4.82. The lowest BCUT2D eigenvalue weighted by atomic mass is 9.85. The minimum atomic E-state index is 0.189. The van der Waals surface area contributed by atoms with Crippen molar-refractivity contribution < 1.29 is 9.84 Å². The molecule has 0 aromatic rings. The molecule has 1 atom stereocenters. The van der Waals surface area contributed by atoms with Gasteiger partial charge in [0.1, 0.15) is 0 Å². The maximum Gasteiger partial charge on any atom is 0.0713 e. The van der Waals surface area contributed by atoms with E-state index in [1.165, 1.54) is 43.6 Å². The van der Waals surface area contributed by atoms with Gasteiger partial charge in [0.05, 0.1) is 5.60 Å². The largest absolute Gasteiger partial charge is 0.396 e. The van der Waals surface area contributed by atoms with Gasteiger partial charge in [0, 0.05) is 25.8 Å². The van der Waals surface area contributed by atoms with Crippen LogP contribution < -0.4 is 5.32 Å². The van der Waals surface area contributed by atoms with Crippen LogP contribution in [0.25, 0.3) is 0 Å². The molecule has 19 heavy (non-hydrogen) atoms. The number of thioether (sulfide) groups is 1. The van der Waals surface area contributed by atoms with Gasteiger partial charge in [0.25, 0.3) is 0 Å². The standard InChI is InChI=1S/C15H27NO2S/c17-7-4-14(2-3-14)12-16-13-1-8-18-15(11-13)5-9-19-10-6-15/h13,16-17H,1-12H2. The van der Waals surface area contributed by atoms with Crippen molar-refractivity contribution in [3.8, 4) is 0 Å². The molecule has 2 aliphatic heterocycles. The number of ether oxygens (including phenoxy) is 1. The summed E-state index contributed by atoms with van der Waals surface area (Å²) in [6, 6.07) is 0.632. The maximum absolute atomic E-state index is 9.13. The van der Waals surface area contributed by atoms with Crippen molar-refractivity contribution in [1.29, 1.82) is 0 Å². The first-order valence-electron chi connectivity index (χ1n) is 7.82. The third kappa shape index (κ3) is 3.46. The summed E-state index contributed by atoms with van der Waals surface area (Å²) in [6.07, 6.45) is 8.39. The molecule has 3 nitrogen and oxygen atoms in total. The van der Waals surface area contributed by atoms with Crippen molar-refractivity contribution in [1.82, 2.24) is 5.32 Å². The Morgan fingerprint density at radius 2 is 2.00 bits per heavy atom. The first-order valence-corrected chi connectivity index (χ1v) is 8.97. The van der Waals surface area contributed by atoms with Gasteiger partial charge in [-0.15, -0.1) is 0 Å². The average Bonchev–Trinajstić information content (AvgIpc) is 3.18. The van der Waals surface area contributed by atoms with Crippen molar-refractivity contribution in [2.75, 3.05) is 31.3 Å². The van der Waals surface area contributed by atoms with Crippen LogP contribution >= 0.6 is 11.8 Å². The molecule has 0 radical (unpaired) electrons. The van der Waals surface area contributed by atoms with E-state index in [-0.39, 0.29) is 5.60 Å². The smallest absolute Gasteiger partial charge is 0.0713 e. The van der Waals surface area contributed by atoms with Crippen molar-refractivity contribution >= 4 is 11.8 Å². The van der Waals surface area contributed by atoms with Crippen LogP contribution in [0, 0.1) is 5.41 Å². The minimum Gasteiger partial charge on any atom is -0.396 e. The van der Waals surface area contributed by atoms with Crippen molar-refractivity contribution in [2.45, 2.75) is 56.6 Å². The molecule has 1 unspecified atom stereocenters. The molecule has 3 rings (SSSR count). The van der Waals surface area contributed by atoms with Gasteiger partial charge in [-0.3, -0.25) is 0 Å². The Morgan fingerprint density at radius 3 is 2.68 bits per heavy atom. The van der Waals surface area contributed by atoms with E-state index >= 15 is 0 Å². The summed E-state index contributed by atoms with van der Waals surface area (Å²) in [6.45, 7) is 2.37. The normalized spacial score (nSPS) is 32.4. The first-order chi connectivity index (χ1) is 9.26. The molecule has 4 heteroatoms. The highest BCUT2D eigenvalue weighted by Crippen LogP contribution is 2.48. The summed E-state index contributed by atoms with van der Waals surface area (Å²) in [5.41, 5.74) is 0.623. The van der Waals surface area contributed by atoms with Crippen LogP contribution in [0.2, 0.25) is 0 Å². The predicted octanol–water partition coefficient (Wildman–Crippen LogP) is 2.18. The minimum absolute atomic E-state index is 0.189. The van der Waals surface area contributed by atoms with Crippen LogP contribution in [0.15, 0.2) is 0 Å². The summed E-state index contributed by atoms with van der Waals surface area (Å²) in [5, 5.41) is 12.9. The Balaban J connectivity index is 1.48. The van der Waals surface area contributed by atoms with Crippen molar-refractivity contribution in [3.05, 3.63) is 0 Å². The van der Waals surface area contributed by atoms with Crippen LogP contribution in [0.5, 0.6) is 0 Å². The quantitative estimate of drug-likeness (QED) is 0.812. The summed E-state index contributed by atoms with van der Waals surface area (Å²) in [7, 11) is 0. The lowest BCUT2D eigenvalue weighted by Crippen LogP contribution is -2.49. The molecule has 2 N–H and O–H groups in total. The van der Waals surface area contributed by atoms with Crippen LogP contribution in [0.1, 0.15) is 44.9 Å². The third-order valence-corrected chi connectivity index (χ3v) is 6.25.